The van der Waals surface area contributed by atoms with E-state index in [2.05, 4.69) is 0 Å². The Morgan fingerprint density at radius 1 is 1.67 bits per heavy atom. The first-order valence-corrected chi connectivity index (χ1v) is 1.55. The SMILES string of the molecule is BC(F)(F)CO. The van der Waals surface area contributed by atoms with Gasteiger partial charge in [0, 0.05) is 0 Å². The molecule has 0 aromatic carbocycles. The monoisotopic (exact) mass is 94.0 g/mol. The van der Waals surface area contributed by atoms with Crippen LogP contribution >= 0.6 is 0 Å². The molecule has 0 aliphatic rings. The fourth-order valence-corrected chi connectivity index (χ4v) is 0. The van der Waals surface area contributed by atoms with E-state index in [4.69, 9.17) is 5.11 Å². The van der Waals surface area contributed by atoms with Gasteiger partial charge in [-0.05, 0) is 0 Å². The zero-order chi connectivity index (χ0) is 5.21. The van der Waals surface area contributed by atoms with E-state index in [-0.39, 0.29) is 0 Å². The lowest BCUT2D eigenvalue weighted by molar-refractivity contribution is 0.0277. The molecule has 0 spiro atoms. The molecule has 0 amide bonds. The minimum Gasteiger partial charge on any atom is -0.391 e. The number of aliphatic hydroxyl groups is 1. The Bertz CT molecular complexity index is 41.3. The van der Waals surface area contributed by atoms with Crippen molar-refractivity contribution in [2.45, 2.75) is 5.82 Å². The standard InChI is InChI=1S/C2H5BF2O/c3-2(4,5)1-6/h6H,1,3H2. The molecule has 0 fully saturated rings. The lowest BCUT2D eigenvalue weighted by Crippen LogP contribution is -2.20. The first kappa shape index (κ1) is 5.88. The summed E-state index contributed by atoms with van der Waals surface area (Å²) in [4.78, 5) is 0. The van der Waals surface area contributed by atoms with Crippen molar-refractivity contribution in [2.75, 3.05) is 6.61 Å². The zero-order valence-corrected chi connectivity index (χ0v) is 3.41. The Morgan fingerprint density at radius 3 is 1.83 bits per heavy atom. The summed E-state index contributed by atoms with van der Waals surface area (Å²) in [6.45, 7) is -1.06. The van der Waals surface area contributed by atoms with Crippen LogP contribution in [0.5, 0.6) is 0 Å². The molecule has 0 heterocycles. The second-order valence-corrected chi connectivity index (χ2v) is 1.23. The van der Waals surface area contributed by atoms with E-state index in [1.54, 1.807) is 0 Å². The van der Waals surface area contributed by atoms with Crippen molar-refractivity contribution in [2.24, 2.45) is 0 Å². The second-order valence-electron chi connectivity index (χ2n) is 1.23. The van der Waals surface area contributed by atoms with Crippen molar-refractivity contribution in [1.29, 1.82) is 0 Å². The fraction of sp³-hybridized carbons (Fsp3) is 1.00. The van der Waals surface area contributed by atoms with Crippen LogP contribution in [0.3, 0.4) is 0 Å². The first-order valence-electron chi connectivity index (χ1n) is 1.55. The molecule has 0 atom stereocenters. The topological polar surface area (TPSA) is 20.2 Å². The van der Waals surface area contributed by atoms with Gasteiger partial charge in [0.25, 0.3) is 0 Å². The Balaban J connectivity index is 3.17. The van der Waals surface area contributed by atoms with E-state index in [1.807, 2.05) is 0 Å². The Morgan fingerprint density at radius 2 is 1.83 bits per heavy atom. The van der Waals surface area contributed by atoms with Crippen LogP contribution in [0.25, 0.3) is 0 Å². The van der Waals surface area contributed by atoms with Gasteiger partial charge in [0.1, 0.15) is 0 Å². The average molecular weight is 93.9 g/mol. The molecule has 4 heteroatoms. The summed E-state index contributed by atoms with van der Waals surface area (Å²) in [6.07, 6.45) is 0. The molecule has 0 saturated heterocycles. The average Bonchev–Trinajstić information content (AvgIpc) is 1.35. The maximum atomic E-state index is 11.2. The third-order valence-corrected chi connectivity index (χ3v) is 0.278. The number of hydrogen-bond acceptors (Lipinski definition) is 1. The van der Waals surface area contributed by atoms with Gasteiger partial charge in [-0.15, -0.1) is 0 Å². The summed E-state index contributed by atoms with van der Waals surface area (Å²) in [7, 11) is 0.660. The summed E-state index contributed by atoms with van der Waals surface area (Å²) in [5.74, 6) is -2.90. The van der Waals surface area contributed by atoms with Crippen LogP contribution in [0.15, 0.2) is 0 Å². The number of rotatable bonds is 1. The molecule has 36 valence electrons. The number of hydrogen-bond donors (Lipinski definition) is 1. The molecule has 0 unspecified atom stereocenters. The zero-order valence-electron chi connectivity index (χ0n) is 3.41. The molecule has 0 aromatic rings. The molecule has 0 radical (unpaired) electrons. The van der Waals surface area contributed by atoms with Crippen molar-refractivity contribution in [3.63, 3.8) is 0 Å². The fourth-order valence-electron chi connectivity index (χ4n) is 0. The third kappa shape index (κ3) is 3.88. The quantitative estimate of drug-likeness (QED) is 0.422. The van der Waals surface area contributed by atoms with Crippen molar-refractivity contribution in [3.05, 3.63) is 0 Å². The van der Waals surface area contributed by atoms with Gasteiger partial charge in [-0.1, -0.05) is 0 Å². The van der Waals surface area contributed by atoms with Gasteiger partial charge in [0.05, 0.1) is 6.61 Å². The third-order valence-electron chi connectivity index (χ3n) is 0.278. The molecular formula is C2H5BF2O. The lowest BCUT2D eigenvalue weighted by Gasteiger charge is -2.01. The summed E-state index contributed by atoms with van der Waals surface area (Å²) in [5, 5.41) is 7.65. The Kier molecular flexibility index (Phi) is 1.53. The highest BCUT2D eigenvalue weighted by Gasteiger charge is 2.17. The molecule has 0 rings (SSSR count). The molecule has 0 saturated carbocycles. The van der Waals surface area contributed by atoms with Gasteiger partial charge in [-0.3, -0.25) is 0 Å². The summed E-state index contributed by atoms with van der Waals surface area (Å²) < 4.78 is 22.4. The molecule has 1 nitrogen and oxygen atoms in total. The van der Waals surface area contributed by atoms with E-state index in [1.165, 1.54) is 0 Å². The van der Waals surface area contributed by atoms with E-state index < -0.39 is 12.4 Å². The van der Waals surface area contributed by atoms with Crippen LogP contribution < -0.4 is 0 Å². The predicted octanol–water partition coefficient (Wildman–Crippen LogP) is -0.795. The highest BCUT2D eigenvalue weighted by atomic mass is 19.3. The smallest absolute Gasteiger partial charge is 0.229 e. The van der Waals surface area contributed by atoms with Crippen molar-refractivity contribution in [1.82, 2.24) is 0 Å². The normalized spacial score (nSPS) is 11.8. The number of alkyl halides is 2. The predicted molar refractivity (Wildman–Crippen MR) is 20.6 cm³/mol. The van der Waals surface area contributed by atoms with Crippen LogP contribution in [0.4, 0.5) is 8.78 Å². The van der Waals surface area contributed by atoms with Gasteiger partial charge in [-0.25, -0.2) is 8.78 Å². The van der Waals surface area contributed by atoms with Crippen LogP contribution in [-0.4, -0.2) is 25.4 Å². The van der Waals surface area contributed by atoms with Gasteiger partial charge >= 0.3 is 0 Å². The van der Waals surface area contributed by atoms with E-state index in [9.17, 15) is 8.78 Å². The van der Waals surface area contributed by atoms with Crippen LogP contribution in [0.2, 0.25) is 0 Å². The molecule has 0 aliphatic heterocycles. The molecule has 0 aromatic heterocycles. The molecule has 0 bridgehead atoms. The van der Waals surface area contributed by atoms with Crippen LogP contribution in [-0.2, 0) is 0 Å². The summed E-state index contributed by atoms with van der Waals surface area (Å²) in [6, 6.07) is 0. The molecule has 1 N–H and O–H groups in total. The molecular weight excluding hydrogens is 88.8 g/mol. The highest BCUT2D eigenvalue weighted by Crippen LogP contribution is 2.02. The Hall–Kier alpha value is -0.115. The molecule has 0 aliphatic carbocycles. The minimum absolute atomic E-state index is 0.660. The first-order chi connectivity index (χ1) is 2.56. The van der Waals surface area contributed by atoms with Gasteiger partial charge < -0.3 is 5.11 Å². The van der Waals surface area contributed by atoms with E-state index in [0.717, 1.165) is 0 Å². The summed E-state index contributed by atoms with van der Waals surface area (Å²) in [5.41, 5.74) is 0. The largest absolute Gasteiger partial charge is 0.391 e. The van der Waals surface area contributed by atoms with Crippen LogP contribution in [0, 0.1) is 0 Å². The van der Waals surface area contributed by atoms with E-state index >= 15 is 0 Å². The Labute approximate surface area is 35.4 Å². The van der Waals surface area contributed by atoms with Gasteiger partial charge in [0.15, 0.2) is 7.85 Å². The lowest BCUT2D eigenvalue weighted by atomic mass is 10.0. The summed E-state index contributed by atoms with van der Waals surface area (Å²) >= 11 is 0. The van der Waals surface area contributed by atoms with Crippen LogP contribution in [0.1, 0.15) is 0 Å². The maximum absolute atomic E-state index is 11.2. The minimum atomic E-state index is -2.90. The number of aliphatic hydroxyl groups excluding tert-OH is 1. The van der Waals surface area contributed by atoms with Crippen molar-refractivity contribution < 1.29 is 13.9 Å². The maximum Gasteiger partial charge on any atom is 0.229 e. The van der Waals surface area contributed by atoms with Gasteiger partial charge in [0.2, 0.25) is 5.82 Å². The highest BCUT2D eigenvalue weighted by molar-refractivity contribution is 6.13. The molecule has 6 heavy (non-hydrogen) atoms. The van der Waals surface area contributed by atoms with Crippen molar-refractivity contribution >= 4 is 7.85 Å². The second kappa shape index (κ2) is 1.56. The van der Waals surface area contributed by atoms with E-state index in [0.29, 0.717) is 7.85 Å². The van der Waals surface area contributed by atoms with Gasteiger partial charge in [-0.2, -0.15) is 0 Å². The number of halogens is 2. The van der Waals surface area contributed by atoms with Crippen molar-refractivity contribution in [3.8, 4) is 0 Å².